The van der Waals surface area contributed by atoms with E-state index in [1.54, 1.807) is 36.4 Å². The van der Waals surface area contributed by atoms with E-state index in [1.165, 1.54) is 6.07 Å². The Morgan fingerprint density at radius 2 is 1.78 bits per heavy atom. The van der Waals surface area contributed by atoms with Crippen LogP contribution >= 0.6 is 38.5 Å². The van der Waals surface area contributed by atoms with E-state index < -0.39 is 23.7 Å². The Labute approximate surface area is 205 Å². The molecule has 0 saturated heterocycles. The summed E-state index contributed by atoms with van der Waals surface area (Å²) in [4.78, 5) is 27.0. The molecule has 1 heterocycles. The Kier molecular flexibility index (Phi) is 7.20. The highest BCUT2D eigenvalue weighted by Gasteiger charge is 2.44. The van der Waals surface area contributed by atoms with Crippen molar-refractivity contribution in [3.05, 3.63) is 84.6 Å². The molecule has 7 nitrogen and oxygen atoms in total. The number of hydrogen-bond acceptors (Lipinski definition) is 7. The molecule has 32 heavy (non-hydrogen) atoms. The molecule has 2 N–H and O–H groups in total. The van der Waals surface area contributed by atoms with Crippen molar-refractivity contribution in [2.24, 2.45) is 5.73 Å². The Morgan fingerprint density at radius 1 is 1.16 bits per heavy atom. The van der Waals surface area contributed by atoms with Crippen molar-refractivity contribution in [2.75, 3.05) is 19.1 Å². The van der Waals surface area contributed by atoms with Gasteiger partial charge in [-0.3, -0.25) is 4.90 Å². The monoisotopic (exact) mass is 611 g/mol. The molecule has 164 valence electrons. The fraction of sp³-hybridized carbons (Fsp3) is 0.136. The van der Waals surface area contributed by atoms with Crippen LogP contribution < -0.4 is 10.6 Å². The number of halogens is 3. The average Bonchev–Trinajstić information content (AvgIpc) is 2.81. The number of carbonyl (C=O) groups excluding carboxylic acids is 2. The first-order valence-corrected chi connectivity index (χ1v) is 10.9. The highest BCUT2D eigenvalue weighted by atomic mass is 127. The highest BCUT2D eigenvalue weighted by Crippen LogP contribution is 2.45. The fourth-order valence-corrected chi connectivity index (χ4v) is 4.44. The van der Waals surface area contributed by atoms with Gasteiger partial charge in [0.15, 0.2) is 5.82 Å². The lowest BCUT2D eigenvalue weighted by Crippen LogP contribution is -2.41. The zero-order chi connectivity index (χ0) is 23.6. The second-order valence-electron chi connectivity index (χ2n) is 6.53. The molecule has 1 atom stereocenters. The summed E-state index contributed by atoms with van der Waals surface area (Å²) >= 11 is 5.00. The number of nitrogens with two attached hydrogens (primary N) is 1. The van der Waals surface area contributed by atoms with Gasteiger partial charge in [-0.1, -0.05) is 30.3 Å². The topological polar surface area (TPSA) is 106 Å². The second-order valence-corrected chi connectivity index (χ2v) is 8.54. The lowest BCUT2D eigenvalue weighted by molar-refractivity contribution is -0.139. The summed E-state index contributed by atoms with van der Waals surface area (Å²) in [6.07, 6.45) is 0. The van der Waals surface area contributed by atoms with Gasteiger partial charge in [0.2, 0.25) is 0 Å². The first-order chi connectivity index (χ1) is 15.3. The van der Waals surface area contributed by atoms with Crippen LogP contribution in [0.3, 0.4) is 0 Å². The standard InChI is InChI=1S/C22H16BrFIN3O4/c1-31-21(29)16-15(11-6-4-3-5-7-11)12(10-26)20(27)28(19(16)22(30)32-2)18-14(25)9-8-13(23)17(18)24/h3-9,15H,27H2,1-2H3. The molecule has 0 spiro atoms. The molecule has 1 aliphatic rings. The molecule has 10 heteroatoms. The third-order valence-corrected chi connectivity index (χ3v) is 6.34. The van der Waals surface area contributed by atoms with Gasteiger partial charge < -0.3 is 15.2 Å². The Morgan fingerprint density at radius 3 is 2.34 bits per heavy atom. The van der Waals surface area contributed by atoms with Gasteiger partial charge in [-0.2, -0.15) is 5.26 Å². The van der Waals surface area contributed by atoms with E-state index in [4.69, 9.17) is 15.2 Å². The number of anilines is 1. The van der Waals surface area contributed by atoms with E-state index in [2.05, 4.69) is 15.9 Å². The molecular weight excluding hydrogens is 596 g/mol. The van der Waals surface area contributed by atoms with Gasteiger partial charge in [-0.05, 0) is 56.2 Å². The van der Waals surface area contributed by atoms with E-state index in [1.807, 2.05) is 28.7 Å². The number of hydrogen-bond donors (Lipinski definition) is 1. The van der Waals surface area contributed by atoms with E-state index in [0.29, 0.717) is 9.13 Å². The number of nitrogens with zero attached hydrogens (tertiary/aromatic N) is 2. The van der Waals surface area contributed by atoms with Crippen LogP contribution in [-0.4, -0.2) is 26.2 Å². The van der Waals surface area contributed by atoms with E-state index in [0.717, 1.165) is 19.1 Å². The average molecular weight is 612 g/mol. The summed E-state index contributed by atoms with van der Waals surface area (Å²) in [5, 5.41) is 10.00. The van der Waals surface area contributed by atoms with Crippen molar-refractivity contribution >= 4 is 56.1 Å². The van der Waals surface area contributed by atoms with Gasteiger partial charge in [0, 0.05) is 3.57 Å². The smallest absolute Gasteiger partial charge is 0.355 e. The molecule has 1 unspecified atom stereocenters. The number of allylic oxidation sites excluding steroid dienone is 1. The Balaban J connectivity index is 2.49. The third-order valence-electron chi connectivity index (χ3n) is 4.85. The molecule has 2 aromatic carbocycles. The molecule has 3 rings (SSSR count). The van der Waals surface area contributed by atoms with Crippen molar-refractivity contribution in [2.45, 2.75) is 5.92 Å². The number of ether oxygens (including phenoxy) is 2. The summed E-state index contributed by atoms with van der Waals surface area (Å²) in [6.45, 7) is 0. The molecule has 0 fully saturated rings. The maximum atomic E-state index is 15.3. The number of methoxy groups -OCH3 is 2. The summed E-state index contributed by atoms with van der Waals surface area (Å²) < 4.78 is 25.7. The number of esters is 2. The normalized spacial score (nSPS) is 16.0. The molecule has 0 aliphatic carbocycles. The number of benzene rings is 2. The predicted octanol–water partition coefficient (Wildman–Crippen LogP) is 4.09. The van der Waals surface area contributed by atoms with Crippen molar-refractivity contribution in [3.63, 3.8) is 0 Å². The molecule has 1 aliphatic heterocycles. The maximum absolute atomic E-state index is 15.3. The number of rotatable bonds is 4. The van der Waals surface area contributed by atoms with E-state index >= 15 is 4.39 Å². The SMILES string of the molecule is COC(=O)C1=C(C(=O)OC)N(c2c(I)ccc(Br)c2F)C(N)=C(C#N)C1c1ccccc1. The summed E-state index contributed by atoms with van der Waals surface area (Å²) in [5.74, 6) is -3.78. The van der Waals surface area contributed by atoms with Crippen molar-refractivity contribution < 1.29 is 23.5 Å². The van der Waals surface area contributed by atoms with Crippen LogP contribution in [0.15, 0.2) is 69.6 Å². The van der Waals surface area contributed by atoms with Gasteiger partial charge in [0.25, 0.3) is 0 Å². The second kappa shape index (κ2) is 9.70. The molecule has 0 bridgehead atoms. The van der Waals surface area contributed by atoms with Gasteiger partial charge in [-0.15, -0.1) is 0 Å². The van der Waals surface area contributed by atoms with E-state index in [-0.39, 0.29) is 32.8 Å². The molecule has 0 saturated carbocycles. The van der Waals surface area contributed by atoms with Crippen LogP contribution in [-0.2, 0) is 19.1 Å². The van der Waals surface area contributed by atoms with Gasteiger partial charge in [-0.25, -0.2) is 14.0 Å². The summed E-state index contributed by atoms with van der Waals surface area (Å²) in [5.41, 5.74) is 6.22. The summed E-state index contributed by atoms with van der Waals surface area (Å²) in [6, 6.07) is 13.7. The van der Waals surface area contributed by atoms with E-state index in [9.17, 15) is 14.9 Å². The number of carbonyl (C=O) groups is 2. The zero-order valence-electron chi connectivity index (χ0n) is 16.9. The molecule has 0 amide bonds. The minimum atomic E-state index is -1.02. The number of nitriles is 1. The molecule has 0 aromatic heterocycles. The fourth-order valence-electron chi connectivity index (χ4n) is 3.47. The van der Waals surface area contributed by atoms with Gasteiger partial charge >= 0.3 is 11.9 Å². The lowest BCUT2D eigenvalue weighted by Gasteiger charge is -2.36. The van der Waals surface area contributed by atoms with Crippen molar-refractivity contribution in [3.8, 4) is 6.07 Å². The Hall–Kier alpha value is -2.91. The predicted molar refractivity (Wildman–Crippen MR) is 126 cm³/mol. The van der Waals surface area contributed by atoms with Crippen molar-refractivity contribution in [1.29, 1.82) is 5.26 Å². The molecule has 0 radical (unpaired) electrons. The minimum absolute atomic E-state index is 0.0422. The van der Waals surface area contributed by atoms with Crippen LogP contribution in [0.25, 0.3) is 0 Å². The molecule has 2 aromatic rings. The van der Waals surface area contributed by atoms with Gasteiger partial charge in [0.1, 0.15) is 11.5 Å². The van der Waals surface area contributed by atoms with Crippen LogP contribution in [0.4, 0.5) is 10.1 Å². The van der Waals surface area contributed by atoms with Crippen LogP contribution in [0, 0.1) is 20.7 Å². The zero-order valence-corrected chi connectivity index (χ0v) is 20.6. The van der Waals surface area contributed by atoms with Crippen molar-refractivity contribution in [1.82, 2.24) is 0 Å². The Bertz CT molecular complexity index is 1210. The first kappa shape index (κ1) is 23.7. The first-order valence-electron chi connectivity index (χ1n) is 9.07. The largest absolute Gasteiger partial charge is 0.466 e. The lowest BCUT2D eigenvalue weighted by atomic mass is 9.81. The van der Waals surface area contributed by atoms with Gasteiger partial charge in [0.05, 0.1) is 47.5 Å². The van der Waals surface area contributed by atoms with Crippen LogP contribution in [0.2, 0.25) is 0 Å². The molecular formula is C22H16BrFIN3O4. The van der Waals surface area contributed by atoms with Crippen LogP contribution in [0.5, 0.6) is 0 Å². The minimum Gasteiger partial charge on any atom is -0.466 e. The van der Waals surface area contributed by atoms with Crippen LogP contribution in [0.1, 0.15) is 11.5 Å². The quantitative estimate of drug-likeness (QED) is 0.315. The highest BCUT2D eigenvalue weighted by molar-refractivity contribution is 14.1. The third kappa shape index (κ3) is 3.98. The maximum Gasteiger partial charge on any atom is 0.355 e. The summed E-state index contributed by atoms with van der Waals surface area (Å²) in [7, 11) is 2.27.